The molecule has 1 atom stereocenters. The predicted molar refractivity (Wildman–Crippen MR) is 80.4 cm³/mol. The van der Waals surface area contributed by atoms with Crippen LogP contribution in [0.25, 0.3) is 11.0 Å². The molecule has 2 aromatic rings. The van der Waals surface area contributed by atoms with Crippen molar-refractivity contribution in [2.75, 3.05) is 12.3 Å². The lowest BCUT2D eigenvalue weighted by Gasteiger charge is -2.11. The Morgan fingerprint density at radius 3 is 3.11 bits per heavy atom. The average Bonchev–Trinajstić information content (AvgIpc) is 2.96. The zero-order chi connectivity index (χ0) is 13.4. The Morgan fingerprint density at radius 2 is 2.37 bits per heavy atom. The van der Waals surface area contributed by atoms with Crippen molar-refractivity contribution in [2.45, 2.75) is 31.9 Å². The van der Waals surface area contributed by atoms with Crippen LogP contribution < -0.4 is 5.73 Å². The van der Waals surface area contributed by atoms with Gasteiger partial charge in [0.15, 0.2) is 0 Å². The molecule has 1 aromatic carbocycles. The molecule has 19 heavy (non-hydrogen) atoms. The smallest absolute Gasteiger partial charge is 0.201 e. The van der Waals surface area contributed by atoms with Crippen molar-refractivity contribution >= 4 is 39.6 Å². The highest BCUT2D eigenvalue weighted by Crippen LogP contribution is 2.24. The molecule has 0 spiro atoms. The average molecular weight is 375 g/mol. The third kappa shape index (κ3) is 2.55. The van der Waals surface area contributed by atoms with Crippen LogP contribution in [0, 0.1) is 9.39 Å². The molecule has 0 radical (unpaired) electrons. The van der Waals surface area contributed by atoms with Crippen LogP contribution in [0.2, 0.25) is 0 Å². The Bertz CT molecular complexity index is 607. The Hall–Kier alpha value is -0.890. The van der Waals surface area contributed by atoms with Crippen molar-refractivity contribution in [2.24, 2.45) is 0 Å². The number of ether oxygens (including phenoxy) is 1. The monoisotopic (exact) mass is 375 g/mol. The second-order valence-corrected chi connectivity index (χ2v) is 5.96. The van der Waals surface area contributed by atoms with Gasteiger partial charge in [-0.2, -0.15) is 0 Å². The van der Waals surface area contributed by atoms with Gasteiger partial charge in [0, 0.05) is 19.2 Å². The molecule has 1 aliphatic rings. The Kier molecular flexibility index (Phi) is 3.62. The number of halogens is 2. The van der Waals surface area contributed by atoms with E-state index in [-0.39, 0.29) is 5.82 Å². The summed E-state index contributed by atoms with van der Waals surface area (Å²) in [7, 11) is 0. The molecule has 102 valence electrons. The summed E-state index contributed by atoms with van der Waals surface area (Å²) in [5, 5.41) is 0. The zero-order valence-corrected chi connectivity index (χ0v) is 12.6. The summed E-state index contributed by atoms with van der Waals surface area (Å²) in [5.74, 6) is 0.209. The van der Waals surface area contributed by atoms with Gasteiger partial charge in [-0.15, -0.1) is 0 Å². The summed E-state index contributed by atoms with van der Waals surface area (Å²) >= 11 is 1.96. The van der Waals surface area contributed by atoms with Gasteiger partial charge >= 0.3 is 0 Å². The lowest BCUT2D eigenvalue weighted by molar-refractivity contribution is 0.101. The molecule has 4 nitrogen and oxygen atoms in total. The van der Waals surface area contributed by atoms with Crippen LogP contribution >= 0.6 is 22.6 Å². The maximum atomic E-state index is 13.7. The molecule has 1 aliphatic heterocycles. The molecule has 1 fully saturated rings. The molecule has 0 bridgehead atoms. The molecule has 0 amide bonds. The van der Waals surface area contributed by atoms with Crippen LogP contribution in [0.5, 0.6) is 0 Å². The molecule has 6 heteroatoms. The van der Waals surface area contributed by atoms with Gasteiger partial charge in [-0.05, 0) is 47.9 Å². The number of imidazole rings is 1. The van der Waals surface area contributed by atoms with Gasteiger partial charge in [-0.25, -0.2) is 9.37 Å². The fourth-order valence-corrected chi connectivity index (χ4v) is 2.97. The van der Waals surface area contributed by atoms with Gasteiger partial charge in [-0.1, -0.05) is 0 Å². The molecule has 3 rings (SSSR count). The van der Waals surface area contributed by atoms with Gasteiger partial charge in [0.1, 0.15) is 5.82 Å². The maximum absolute atomic E-state index is 13.7. The van der Waals surface area contributed by atoms with Gasteiger partial charge < -0.3 is 15.0 Å². The summed E-state index contributed by atoms with van der Waals surface area (Å²) in [6.07, 6.45) is 3.41. The van der Waals surface area contributed by atoms with E-state index in [4.69, 9.17) is 10.5 Å². The van der Waals surface area contributed by atoms with E-state index in [0.717, 1.165) is 36.9 Å². The number of aryl methyl sites for hydroxylation is 1. The largest absolute Gasteiger partial charge is 0.378 e. The standard InChI is InChI=1S/C13H15FIN3O/c14-9-6-12-11(7-10(9)15)17-13(16)18(12)4-3-8-2-1-5-19-8/h6-8H,1-5H2,(H2,16,17). The van der Waals surface area contributed by atoms with Gasteiger partial charge in [-0.3, -0.25) is 0 Å². The third-order valence-electron chi connectivity index (χ3n) is 3.52. The number of aromatic nitrogens is 2. The van der Waals surface area contributed by atoms with Gasteiger partial charge in [0.2, 0.25) is 5.95 Å². The second-order valence-electron chi connectivity index (χ2n) is 4.80. The molecule has 1 saturated heterocycles. The number of hydrogen-bond donors (Lipinski definition) is 1. The minimum Gasteiger partial charge on any atom is -0.378 e. The summed E-state index contributed by atoms with van der Waals surface area (Å²) < 4.78 is 21.7. The first kappa shape index (κ1) is 13.1. The lowest BCUT2D eigenvalue weighted by Crippen LogP contribution is -2.11. The highest BCUT2D eigenvalue weighted by molar-refractivity contribution is 14.1. The number of nitrogen functional groups attached to an aromatic ring is 1. The van der Waals surface area contributed by atoms with E-state index < -0.39 is 0 Å². The SMILES string of the molecule is Nc1nc2cc(I)c(F)cc2n1CCC1CCCO1. The van der Waals surface area contributed by atoms with Crippen molar-refractivity contribution in [1.82, 2.24) is 9.55 Å². The number of nitrogens with zero attached hydrogens (tertiary/aromatic N) is 2. The van der Waals surface area contributed by atoms with Crippen molar-refractivity contribution < 1.29 is 9.13 Å². The van der Waals surface area contributed by atoms with E-state index >= 15 is 0 Å². The van der Waals surface area contributed by atoms with Crippen molar-refractivity contribution in [3.63, 3.8) is 0 Å². The van der Waals surface area contributed by atoms with Crippen LogP contribution in [0.3, 0.4) is 0 Å². The third-order valence-corrected chi connectivity index (χ3v) is 4.35. The number of rotatable bonds is 3. The highest BCUT2D eigenvalue weighted by atomic mass is 127. The van der Waals surface area contributed by atoms with Crippen molar-refractivity contribution in [1.29, 1.82) is 0 Å². The molecule has 1 unspecified atom stereocenters. The Balaban J connectivity index is 1.89. The van der Waals surface area contributed by atoms with Crippen LogP contribution in [-0.2, 0) is 11.3 Å². The van der Waals surface area contributed by atoms with E-state index in [9.17, 15) is 4.39 Å². The molecule has 2 heterocycles. The summed E-state index contributed by atoms with van der Waals surface area (Å²) in [4.78, 5) is 4.29. The van der Waals surface area contributed by atoms with E-state index in [1.54, 1.807) is 6.07 Å². The number of benzene rings is 1. The molecule has 0 aliphatic carbocycles. The Labute approximate surface area is 124 Å². The summed E-state index contributed by atoms with van der Waals surface area (Å²) in [6, 6.07) is 3.24. The quantitative estimate of drug-likeness (QED) is 0.840. The molecular formula is C13H15FIN3O. The van der Waals surface area contributed by atoms with Gasteiger partial charge in [0.05, 0.1) is 20.7 Å². The van der Waals surface area contributed by atoms with Crippen molar-refractivity contribution in [3.8, 4) is 0 Å². The summed E-state index contributed by atoms with van der Waals surface area (Å²) in [6.45, 7) is 1.56. The van der Waals surface area contributed by atoms with Crippen molar-refractivity contribution in [3.05, 3.63) is 21.5 Å². The normalized spacial score (nSPS) is 19.4. The first-order valence-corrected chi connectivity index (χ1v) is 7.45. The zero-order valence-electron chi connectivity index (χ0n) is 10.4. The minimum absolute atomic E-state index is 0.230. The van der Waals surface area contributed by atoms with Crippen LogP contribution in [0.1, 0.15) is 19.3 Å². The summed E-state index contributed by atoms with van der Waals surface area (Å²) in [5.41, 5.74) is 7.43. The minimum atomic E-state index is -0.230. The number of fused-ring (bicyclic) bond motifs is 1. The fourth-order valence-electron chi connectivity index (χ4n) is 2.52. The first-order chi connectivity index (χ1) is 9.15. The second kappa shape index (κ2) is 5.24. The van der Waals surface area contributed by atoms with E-state index in [1.165, 1.54) is 6.07 Å². The number of nitrogens with two attached hydrogens (primary N) is 1. The van der Waals surface area contributed by atoms with Crippen LogP contribution in [0.15, 0.2) is 12.1 Å². The lowest BCUT2D eigenvalue weighted by atomic mass is 10.2. The first-order valence-electron chi connectivity index (χ1n) is 6.37. The fraction of sp³-hybridized carbons (Fsp3) is 0.462. The molecule has 2 N–H and O–H groups in total. The molecule has 0 saturated carbocycles. The van der Waals surface area contributed by atoms with E-state index in [0.29, 0.717) is 22.2 Å². The Morgan fingerprint density at radius 1 is 1.53 bits per heavy atom. The topological polar surface area (TPSA) is 53.1 Å². The highest BCUT2D eigenvalue weighted by Gasteiger charge is 2.17. The van der Waals surface area contributed by atoms with Gasteiger partial charge in [0.25, 0.3) is 0 Å². The maximum Gasteiger partial charge on any atom is 0.201 e. The van der Waals surface area contributed by atoms with E-state index in [1.807, 2.05) is 27.2 Å². The number of hydrogen-bond acceptors (Lipinski definition) is 3. The number of anilines is 1. The van der Waals surface area contributed by atoms with E-state index in [2.05, 4.69) is 4.98 Å². The molecule has 1 aromatic heterocycles. The van der Waals surface area contributed by atoms with Crippen LogP contribution in [-0.4, -0.2) is 22.3 Å². The van der Waals surface area contributed by atoms with Crippen LogP contribution in [0.4, 0.5) is 10.3 Å². The predicted octanol–water partition coefficient (Wildman–Crippen LogP) is 2.93. The molecular weight excluding hydrogens is 360 g/mol.